The summed E-state index contributed by atoms with van der Waals surface area (Å²) in [6.07, 6.45) is 3.35. The van der Waals surface area contributed by atoms with Crippen LogP contribution in [0.25, 0.3) is 21.8 Å². The second kappa shape index (κ2) is 6.75. The molecule has 0 bridgehead atoms. The average Bonchev–Trinajstić information content (AvgIpc) is 3.15. The number of hydrogen-bond acceptors (Lipinski definition) is 1. The molecule has 2 N–H and O–H groups in total. The summed E-state index contributed by atoms with van der Waals surface area (Å²) in [6.45, 7) is 0. The molecule has 0 unspecified atom stereocenters. The summed E-state index contributed by atoms with van der Waals surface area (Å²) >= 11 is 6.18. The predicted octanol–water partition coefficient (Wildman–Crippen LogP) is 6.01. The van der Waals surface area contributed by atoms with Crippen molar-refractivity contribution in [1.82, 2.24) is 9.97 Å². The molecule has 0 saturated heterocycles. The molecule has 0 aliphatic heterocycles. The van der Waals surface area contributed by atoms with Crippen molar-refractivity contribution >= 4 is 53.7 Å². The number of halogens is 4. The number of nitrogens with one attached hydrogen (secondary N) is 2. The monoisotopic (exact) mass is 451 g/mol. The molecule has 7 heteroatoms. The number of nitrogens with zero attached hydrogens (tertiary/aromatic N) is 1. The number of aromatic amines is 2. The smallest absolute Gasteiger partial charge is 0.138 e. The topological polar surface area (TPSA) is 55.4 Å². The van der Waals surface area contributed by atoms with Crippen molar-refractivity contribution in [3.63, 3.8) is 0 Å². The highest BCUT2D eigenvalue weighted by Crippen LogP contribution is 2.25. The van der Waals surface area contributed by atoms with E-state index >= 15 is 0 Å². The predicted molar refractivity (Wildman–Crippen MR) is 96.6 cm³/mol. The Balaban J connectivity index is 0.000000143. The van der Waals surface area contributed by atoms with Crippen LogP contribution in [-0.2, 0) is 0 Å². The van der Waals surface area contributed by atoms with Crippen LogP contribution in [0.15, 0.2) is 51.7 Å². The van der Waals surface area contributed by atoms with Crippen LogP contribution in [0.3, 0.4) is 0 Å². The van der Waals surface area contributed by atoms with Gasteiger partial charge in [0.15, 0.2) is 0 Å². The van der Waals surface area contributed by atoms with Crippen molar-refractivity contribution in [3.05, 3.63) is 68.9 Å². The van der Waals surface area contributed by atoms with Crippen molar-refractivity contribution in [2.24, 2.45) is 0 Å². The Labute approximate surface area is 152 Å². The van der Waals surface area contributed by atoms with Crippen molar-refractivity contribution in [2.45, 2.75) is 0 Å². The molecule has 0 aliphatic rings. The molecule has 0 radical (unpaired) electrons. The normalized spacial score (nSPS) is 10.5. The summed E-state index contributed by atoms with van der Waals surface area (Å²) < 4.78 is 26.8. The number of nitriles is 1. The van der Waals surface area contributed by atoms with Crippen LogP contribution in [-0.4, -0.2) is 9.97 Å². The van der Waals surface area contributed by atoms with Gasteiger partial charge in [-0.1, -0.05) is 0 Å². The third-order valence-corrected chi connectivity index (χ3v) is 4.65. The van der Waals surface area contributed by atoms with Gasteiger partial charge < -0.3 is 9.97 Å². The molecule has 4 rings (SSSR count). The first kappa shape index (κ1) is 16.7. The van der Waals surface area contributed by atoms with Gasteiger partial charge in [0, 0.05) is 34.2 Å². The standard InChI is InChI=1S/C9H4BrFN2.C8H5BrFN/c10-7-2-9-6(1-8(7)11)5(3-12)4-13-9;9-6-4-8-5(1-2-11-8)3-7(6)10/h1-2,4,13H;1-4,11H. The highest BCUT2D eigenvalue weighted by Gasteiger charge is 2.06. The Morgan fingerprint density at radius 1 is 0.917 bits per heavy atom. The molecule has 2 heterocycles. The number of benzene rings is 2. The van der Waals surface area contributed by atoms with E-state index in [4.69, 9.17) is 5.26 Å². The zero-order chi connectivity index (χ0) is 17.3. The molecule has 0 saturated carbocycles. The van der Waals surface area contributed by atoms with Crippen LogP contribution >= 0.6 is 31.9 Å². The lowest BCUT2D eigenvalue weighted by atomic mass is 10.2. The molecule has 0 fully saturated rings. The quantitative estimate of drug-likeness (QED) is 0.337. The van der Waals surface area contributed by atoms with Gasteiger partial charge in [-0.2, -0.15) is 5.26 Å². The summed E-state index contributed by atoms with van der Waals surface area (Å²) in [7, 11) is 0. The van der Waals surface area contributed by atoms with Crippen LogP contribution in [0.5, 0.6) is 0 Å². The minimum absolute atomic E-state index is 0.225. The largest absolute Gasteiger partial charge is 0.361 e. The van der Waals surface area contributed by atoms with Gasteiger partial charge in [0.1, 0.15) is 17.7 Å². The van der Waals surface area contributed by atoms with E-state index in [1.807, 2.05) is 12.1 Å². The maximum Gasteiger partial charge on any atom is 0.138 e. The maximum absolute atomic E-state index is 13.1. The Hall–Kier alpha value is -2.17. The van der Waals surface area contributed by atoms with Gasteiger partial charge in [-0.3, -0.25) is 0 Å². The Morgan fingerprint density at radius 3 is 2.29 bits per heavy atom. The van der Waals surface area contributed by atoms with Gasteiger partial charge in [-0.15, -0.1) is 0 Å². The molecule has 2 aromatic heterocycles. The van der Waals surface area contributed by atoms with Gasteiger partial charge in [0.05, 0.1) is 14.5 Å². The van der Waals surface area contributed by atoms with Crippen molar-refractivity contribution in [2.75, 3.05) is 0 Å². The molecule has 24 heavy (non-hydrogen) atoms. The van der Waals surface area contributed by atoms with Crippen LogP contribution in [0, 0.1) is 23.0 Å². The molecular formula is C17H9Br2F2N3. The van der Waals surface area contributed by atoms with E-state index in [0.717, 1.165) is 16.4 Å². The van der Waals surface area contributed by atoms with Gasteiger partial charge in [-0.05, 0) is 62.2 Å². The number of H-pyrrole nitrogens is 2. The molecule has 2 aromatic carbocycles. The lowest BCUT2D eigenvalue weighted by molar-refractivity contribution is 0.622. The number of rotatable bonds is 0. The molecule has 120 valence electrons. The first-order chi connectivity index (χ1) is 11.5. The summed E-state index contributed by atoms with van der Waals surface area (Å²) in [5.74, 6) is -0.583. The second-order valence-electron chi connectivity index (χ2n) is 4.96. The maximum atomic E-state index is 13.1. The van der Waals surface area contributed by atoms with Gasteiger partial charge in [0.2, 0.25) is 0 Å². The first-order valence-corrected chi connectivity index (χ1v) is 8.36. The highest BCUT2D eigenvalue weighted by atomic mass is 79.9. The number of hydrogen-bond donors (Lipinski definition) is 2. The zero-order valence-corrected chi connectivity index (χ0v) is 15.2. The van der Waals surface area contributed by atoms with E-state index in [1.165, 1.54) is 12.1 Å². The number of aromatic nitrogens is 2. The van der Waals surface area contributed by atoms with E-state index in [1.54, 1.807) is 24.5 Å². The fraction of sp³-hybridized carbons (Fsp3) is 0. The SMILES string of the molecule is Fc1cc2cc[nH]c2cc1Br.N#Cc1c[nH]c2cc(Br)c(F)cc12. The van der Waals surface area contributed by atoms with E-state index < -0.39 is 0 Å². The molecule has 0 amide bonds. The molecule has 3 nitrogen and oxygen atoms in total. The van der Waals surface area contributed by atoms with Crippen LogP contribution in [0.1, 0.15) is 5.56 Å². The van der Waals surface area contributed by atoms with Crippen molar-refractivity contribution < 1.29 is 8.78 Å². The minimum Gasteiger partial charge on any atom is -0.361 e. The van der Waals surface area contributed by atoms with Crippen LogP contribution in [0.2, 0.25) is 0 Å². The third-order valence-electron chi connectivity index (χ3n) is 3.44. The highest BCUT2D eigenvalue weighted by molar-refractivity contribution is 9.10. The average molecular weight is 453 g/mol. The Morgan fingerprint density at radius 2 is 1.58 bits per heavy atom. The van der Waals surface area contributed by atoms with Gasteiger partial charge >= 0.3 is 0 Å². The molecular weight excluding hydrogens is 444 g/mol. The van der Waals surface area contributed by atoms with Crippen molar-refractivity contribution in [3.8, 4) is 6.07 Å². The molecule has 4 aromatic rings. The van der Waals surface area contributed by atoms with E-state index in [0.29, 0.717) is 19.9 Å². The molecule has 0 spiro atoms. The summed E-state index contributed by atoms with van der Waals surface area (Å²) in [5.41, 5.74) is 2.16. The molecule has 0 atom stereocenters. The van der Waals surface area contributed by atoms with Crippen molar-refractivity contribution in [1.29, 1.82) is 5.26 Å². The summed E-state index contributed by atoms with van der Waals surface area (Å²) in [4.78, 5) is 5.88. The lowest BCUT2D eigenvalue weighted by Crippen LogP contribution is -1.78. The van der Waals surface area contributed by atoms with Crippen LogP contribution < -0.4 is 0 Å². The second-order valence-corrected chi connectivity index (χ2v) is 6.67. The Kier molecular flexibility index (Phi) is 4.69. The lowest BCUT2D eigenvalue weighted by Gasteiger charge is -1.94. The van der Waals surface area contributed by atoms with Crippen LogP contribution in [0.4, 0.5) is 8.78 Å². The van der Waals surface area contributed by atoms with E-state index in [-0.39, 0.29) is 11.6 Å². The first-order valence-electron chi connectivity index (χ1n) is 6.78. The summed E-state index contributed by atoms with van der Waals surface area (Å²) in [6, 6.07) is 10.0. The summed E-state index contributed by atoms with van der Waals surface area (Å²) in [5, 5.41) is 10.2. The molecule has 0 aliphatic carbocycles. The fourth-order valence-corrected chi connectivity index (χ4v) is 2.94. The third kappa shape index (κ3) is 3.21. The zero-order valence-electron chi connectivity index (χ0n) is 12.0. The van der Waals surface area contributed by atoms with E-state index in [9.17, 15) is 8.78 Å². The van der Waals surface area contributed by atoms with Gasteiger partial charge in [0.25, 0.3) is 0 Å². The minimum atomic E-state index is -0.358. The number of fused-ring (bicyclic) bond motifs is 2. The van der Waals surface area contributed by atoms with E-state index in [2.05, 4.69) is 41.8 Å². The Bertz CT molecular complexity index is 1040. The fourth-order valence-electron chi connectivity index (χ4n) is 2.26. The van der Waals surface area contributed by atoms with Gasteiger partial charge in [-0.25, -0.2) is 8.78 Å².